The van der Waals surface area contributed by atoms with Gasteiger partial charge in [0, 0.05) is 27.5 Å². The van der Waals surface area contributed by atoms with Crippen molar-refractivity contribution < 1.29 is 4.42 Å². The summed E-state index contributed by atoms with van der Waals surface area (Å²) in [5, 5.41) is 6.89. The predicted octanol–water partition coefficient (Wildman–Crippen LogP) is 10.7. The van der Waals surface area contributed by atoms with Crippen LogP contribution in [0.3, 0.4) is 0 Å². The van der Waals surface area contributed by atoms with Gasteiger partial charge in [0.25, 0.3) is 0 Å². The third-order valence-electron chi connectivity index (χ3n) is 8.48. The second-order valence-corrected chi connectivity index (χ2v) is 11.3. The van der Waals surface area contributed by atoms with Gasteiger partial charge in [-0.1, -0.05) is 115 Å². The van der Waals surface area contributed by atoms with Crippen LogP contribution in [0.15, 0.2) is 156 Å². The molecule has 0 aliphatic heterocycles. The van der Waals surface area contributed by atoms with E-state index in [1.807, 2.05) is 18.2 Å². The monoisotopic (exact) mass is 575 g/mol. The van der Waals surface area contributed by atoms with Gasteiger partial charge in [0.05, 0.1) is 0 Å². The summed E-state index contributed by atoms with van der Waals surface area (Å²) in [6.45, 7) is 0. The number of fused-ring (bicyclic) bond motifs is 5. The van der Waals surface area contributed by atoms with E-state index in [0.717, 1.165) is 60.5 Å². The van der Waals surface area contributed by atoms with Crippen molar-refractivity contribution in [3.8, 4) is 45.3 Å². The van der Waals surface area contributed by atoms with Crippen LogP contribution in [0, 0.1) is 0 Å². The second kappa shape index (κ2) is 10.2. The van der Waals surface area contributed by atoms with Crippen LogP contribution in [0.5, 0.6) is 0 Å². The van der Waals surface area contributed by atoms with Crippen molar-refractivity contribution in [2.45, 2.75) is 0 Å². The first-order chi connectivity index (χ1) is 22.2. The zero-order valence-corrected chi connectivity index (χ0v) is 24.2. The van der Waals surface area contributed by atoms with Gasteiger partial charge in [0.2, 0.25) is 0 Å². The Balaban J connectivity index is 1.19. The van der Waals surface area contributed by atoms with E-state index in [2.05, 4.69) is 133 Å². The SMILES string of the molecule is c1cc(-c2ccc3c(c2)oc2ccccc23)cc(-c2nc(-c3ccc4ccccc4c3)nc(-c3ccc4ccccc4c3)n2)c1. The van der Waals surface area contributed by atoms with E-state index in [0.29, 0.717) is 17.5 Å². The normalized spacial score (nSPS) is 11.6. The number of hydrogen-bond acceptors (Lipinski definition) is 4. The lowest BCUT2D eigenvalue weighted by Crippen LogP contribution is -2.00. The molecule has 7 aromatic carbocycles. The number of furan rings is 1. The lowest BCUT2D eigenvalue weighted by atomic mass is 10.0. The summed E-state index contributed by atoms with van der Waals surface area (Å²) < 4.78 is 6.19. The van der Waals surface area contributed by atoms with Crippen LogP contribution in [0.2, 0.25) is 0 Å². The van der Waals surface area contributed by atoms with Crippen LogP contribution in [-0.4, -0.2) is 15.0 Å². The third-order valence-corrected chi connectivity index (χ3v) is 8.48. The molecule has 0 unspecified atom stereocenters. The first-order valence-electron chi connectivity index (χ1n) is 15.0. The van der Waals surface area contributed by atoms with Crippen LogP contribution >= 0.6 is 0 Å². The highest BCUT2D eigenvalue weighted by Gasteiger charge is 2.15. The highest BCUT2D eigenvalue weighted by atomic mass is 16.3. The van der Waals surface area contributed by atoms with Crippen LogP contribution in [0.1, 0.15) is 0 Å². The molecule has 0 fully saturated rings. The van der Waals surface area contributed by atoms with E-state index in [-0.39, 0.29) is 0 Å². The minimum Gasteiger partial charge on any atom is -0.456 e. The first-order valence-corrected chi connectivity index (χ1v) is 15.0. The van der Waals surface area contributed by atoms with Crippen LogP contribution in [0.25, 0.3) is 88.8 Å². The Hall–Kier alpha value is -6.13. The Labute approximate surface area is 259 Å². The molecule has 0 saturated carbocycles. The summed E-state index contributed by atoms with van der Waals surface area (Å²) in [6, 6.07) is 52.4. The molecule has 0 saturated heterocycles. The molecular formula is C41H25N3O. The zero-order chi connectivity index (χ0) is 29.7. The van der Waals surface area contributed by atoms with Crippen LogP contribution in [0.4, 0.5) is 0 Å². The van der Waals surface area contributed by atoms with E-state index >= 15 is 0 Å². The number of hydrogen-bond donors (Lipinski definition) is 0. The summed E-state index contributed by atoms with van der Waals surface area (Å²) in [6.07, 6.45) is 0. The van der Waals surface area contributed by atoms with E-state index in [1.54, 1.807) is 0 Å². The van der Waals surface area contributed by atoms with Crippen molar-refractivity contribution >= 4 is 43.5 Å². The summed E-state index contributed by atoms with van der Waals surface area (Å²) in [7, 11) is 0. The predicted molar refractivity (Wildman–Crippen MR) is 184 cm³/mol. The summed E-state index contributed by atoms with van der Waals surface area (Å²) in [4.78, 5) is 15.1. The fourth-order valence-electron chi connectivity index (χ4n) is 6.16. The molecule has 0 atom stereocenters. The van der Waals surface area contributed by atoms with Crippen LogP contribution < -0.4 is 0 Å². The Kier molecular flexibility index (Phi) is 5.78. The molecule has 0 spiro atoms. The highest BCUT2D eigenvalue weighted by Crippen LogP contribution is 2.34. The van der Waals surface area contributed by atoms with Gasteiger partial charge in [0.15, 0.2) is 17.5 Å². The van der Waals surface area contributed by atoms with Gasteiger partial charge in [-0.2, -0.15) is 0 Å². The van der Waals surface area contributed by atoms with Gasteiger partial charge in [-0.25, -0.2) is 15.0 Å². The van der Waals surface area contributed by atoms with Crippen molar-refractivity contribution in [2.75, 3.05) is 0 Å². The molecule has 0 bridgehead atoms. The standard InChI is InChI=1S/C41H25N3O/c1-3-10-28-22-33(18-16-26(28)8-1)40-42-39(43-41(44-40)34-19-17-27-9-2-4-11-29(27)23-34)32-13-7-12-30(24-32)31-20-21-36-35-14-5-6-15-37(35)45-38(36)25-31/h1-25H. The molecule has 0 amide bonds. The number of nitrogens with zero attached hydrogens (tertiary/aromatic N) is 3. The van der Waals surface area contributed by atoms with Crippen molar-refractivity contribution in [3.63, 3.8) is 0 Å². The van der Waals surface area contributed by atoms with Crippen LogP contribution in [-0.2, 0) is 0 Å². The van der Waals surface area contributed by atoms with Crippen molar-refractivity contribution in [1.29, 1.82) is 0 Å². The highest BCUT2D eigenvalue weighted by molar-refractivity contribution is 6.06. The van der Waals surface area contributed by atoms with E-state index in [9.17, 15) is 0 Å². The molecule has 210 valence electrons. The number of rotatable bonds is 4. The minimum atomic E-state index is 0.628. The number of para-hydroxylation sites is 1. The topological polar surface area (TPSA) is 51.8 Å². The maximum Gasteiger partial charge on any atom is 0.164 e. The largest absolute Gasteiger partial charge is 0.456 e. The van der Waals surface area contributed by atoms with Crippen molar-refractivity contribution in [1.82, 2.24) is 15.0 Å². The third kappa shape index (κ3) is 4.52. The summed E-state index contributed by atoms with van der Waals surface area (Å²) in [5.74, 6) is 1.91. The molecular weight excluding hydrogens is 550 g/mol. The van der Waals surface area contributed by atoms with E-state index in [1.165, 1.54) is 10.8 Å². The molecule has 45 heavy (non-hydrogen) atoms. The Morgan fingerprint density at radius 2 is 0.800 bits per heavy atom. The van der Waals surface area contributed by atoms with Gasteiger partial charge in [-0.05, 0) is 69.1 Å². The second-order valence-electron chi connectivity index (χ2n) is 11.3. The average Bonchev–Trinajstić information content (AvgIpc) is 3.49. The van der Waals surface area contributed by atoms with E-state index < -0.39 is 0 Å². The van der Waals surface area contributed by atoms with Gasteiger partial charge in [-0.3, -0.25) is 0 Å². The fraction of sp³-hybridized carbons (Fsp3) is 0. The number of aromatic nitrogens is 3. The smallest absolute Gasteiger partial charge is 0.164 e. The van der Waals surface area contributed by atoms with Crippen molar-refractivity contribution in [2.24, 2.45) is 0 Å². The van der Waals surface area contributed by atoms with Gasteiger partial charge in [0.1, 0.15) is 11.2 Å². The summed E-state index contributed by atoms with van der Waals surface area (Å²) >= 11 is 0. The Bertz CT molecular complexity index is 2470. The van der Waals surface area contributed by atoms with Gasteiger partial charge >= 0.3 is 0 Å². The molecule has 0 radical (unpaired) electrons. The maximum absolute atomic E-state index is 6.19. The number of benzene rings is 7. The molecule has 4 heteroatoms. The molecule has 9 rings (SSSR count). The first kappa shape index (κ1) is 25.4. The Morgan fingerprint density at radius 3 is 1.47 bits per heavy atom. The van der Waals surface area contributed by atoms with Crippen molar-refractivity contribution in [3.05, 3.63) is 152 Å². The fourth-order valence-corrected chi connectivity index (χ4v) is 6.16. The molecule has 4 nitrogen and oxygen atoms in total. The lowest BCUT2D eigenvalue weighted by Gasteiger charge is -2.11. The average molecular weight is 576 g/mol. The quantitative estimate of drug-likeness (QED) is 0.209. The zero-order valence-electron chi connectivity index (χ0n) is 24.2. The molecule has 2 heterocycles. The Morgan fingerprint density at radius 1 is 0.311 bits per heavy atom. The molecule has 2 aromatic heterocycles. The minimum absolute atomic E-state index is 0.628. The lowest BCUT2D eigenvalue weighted by molar-refractivity contribution is 0.669. The summed E-state index contributed by atoms with van der Waals surface area (Å²) in [5.41, 5.74) is 6.72. The maximum atomic E-state index is 6.19. The molecule has 0 N–H and O–H groups in total. The van der Waals surface area contributed by atoms with E-state index in [4.69, 9.17) is 19.4 Å². The molecule has 0 aliphatic carbocycles. The molecule has 9 aromatic rings. The molecule has 0 aliphatic rings. The van der Waals surface area contributed by atoms with Gasteiger partial charge in [-0.15, -0.1) is 0 Å². The van der Waals surface area contributed by atoms with Gasteiger partial charge < -0.3 is 4.42 Å².